The van der Waals surface area contributed by atoms with Crippen LogP contribution >= 0.6 is 0 Å². The molecule has 4 rings (SSSR count). The van der Waals surface area contributed by atoms with Crippen LogP contribution in [0.15, 0.2) is 91.0 Å². The smallest absolute Gasteiger partial charge is 0.336 e. The molecule has 4 nitrogen and oxygen atoms in total. The van der Waals surface area contributed by atoms with Crippen molar-refractivity contribution in [1.82, 2.24) is 0 Å². The highest BCUT2D eigenvalue weighted by Crippen LogP contribution is 2.37. The lowest BCUT2D eigenvalue weighted by Crippen LogP contribution is -2.04. The van der Waals surface area contributed by atoms with Crippen LogP contribution in [0.5, 0.6) is 0 Å². The molecule has 0 spiro atoms. The number of carbonyl (C=O) groups is 2. The Bertz CT molecular complexity index is 1360. The van der Waals surface area contributed by atoms with Gasteiger partial charge < -0.3 is 10.2 Å². The van der Waals surface area contributed by atoms with Crippen LogP contribution in [0.25, 0.3) is 33.4 Å². The minimum absolute atomic E-state index is 0.110. The van der Waals surface area contributed by atoms with Gasteiger partial charge in [0.2, 0.25) is 0 Å². The normalized spacial score (nSPS) is 10.3. The molecule has 4 aromatic carbocycles. The van der Waals surface area contributed by atoms with Crippen LogP contribution in [-0.4, -0.2) is 22.2 Å². The molecule has 2 N–H and O–H groups in total. The first-order valence-electron chi connectivity index (χ1n) is 9.86. The Morgan fingerprint density at radius 1 is 0.625 bits per heavy atom. The van der Waals surface area contributed by atoms with Crippen molar-refractivity contribution in [2.45, 2.75) is 0 Å². The van der Waals surface area contributed by atoms with E-state index in [9.17, 15) is 19.8 Å². The third-order valence-electron chi connectivity index (χ3n) is 5.29. The topological polar surface area (TPSA) is 74.6 Å². The van der Waals surface area contributed by atoms with Gasteiger partial charge in [-0.2, -0.15) is 0 Å². The van der Waals surface area contributed by atoms with Crippen molar-refractivity contribution in [3.8, 4) is 45.7 Å². The molecule has 0 radical (unpaired) electrons. The molecule has 0 aliphatic heterocycles. The number of aromatic carboxylic acids is 2. The van der Waals surface area contributed by atoms with Gasteiger partial charge in [-0.05, 0) is 46.0 Å². The van der Waals surface area contributed by atoms with Crippen molar-refractivity contribution in [1.29, 1.82) is 0 Å². The quantitative estimate of drug-likeness (QED) is 0.386. The maximum Gasteiger partial charge on any atom is 0.336 e. The Labute approximate surface area is 185 Å². The van der Waals surface area contributed by atoms with E-state index < -0.39 is 11.9 Å². The summed E-state index contributed by atoms with van der Waals surface area (Å²) in [6.45, 7) is 0. The molecule has 0 unspecified atom stereocenters. The van der Waals surface area contributed by atoms with Gasteiger partial charge in [-0.1, -0.05) is 78.7 Å². The van der Waals surface area contributed by atoms with Crippen molar-refractivity contribution in [3.05, 3.63) is 108 Å². The first-order valence-corrected chi connectivity index (χ1v) is 9.86. The van der Waals surface area contributed by atoms with E-state index in [2.05, 4.69) is 5.92 Å². The van der Waals surface area contributed by atoms with E-state index in [1.807, 2.05) is 60.7 Å². The van der Waals surface area contributed by atoms with E-state index in [1.54, 1.807) is 24.3 Å². The highest BCUT2D eigenvalue weighted by atomic mass is 16.4. The SMILES string of the molecule is C#Cc1c(-c2ccc(C(=O)O)c(-c3ccccc3)c2)ccc(C(=O)O)c1-c1ccccc1. The Hall–Kier alpha value is -4.62. The van der Waals surface area contributed by atoms with Crippen molar-refractivity contribution in [2.75, 3.05) is 0 Å². The fourth-order valence-corrected chi connectivity index (χ4v) is 3.83. The van der Waals surface area contributed by atoms with Crippen LogP contribution in [0.4, 0.5) is 0 Å². The molecule has 0 bridgehead atoms. The molecule has 0 fully saturated rings. The highest BCUT2D eigenvalue weighted by Gasteiger charge is 2.20. The van der Waals surface area contributed by atoms with Gasteiger partial charge in [0.05, 0.1) is 11.1 Å². The first-order chi connectivity index (χ1) is 15.5. The first kappa shape index (κ1) is 20.6. The van der Waals surface area contributed by atoms with E-state index in [0.717, 1.165) is 5.56 Å². The van der Waals surface area contributed by atoms with Crippen LogP contribution < -0.4 is 0 Å². The zero-order valence-corrected chi connectivity index (χ0v) is 16.9. The third-order valence-corrected chi connectivity index (χ3v) is 5.29. The third kappa shape index (κ3) is 3.76. The number of carboxylic acids is 2. The maximum absolute atomic E-state index is 11.9. The lowest BCUT2D eigenvalue weighted by molar-refractivity contribution is 0.0687. The summed E-state index contributed by atoms with van der Waals surface area (Å²) in [4.78, 5) is 23.8. The van der Waals surface area contributed by atoms with Crippen molar-refractivity contribution < 1.29 is 19.8 Å². The Morgan fingerprint density at radius 3 is 1.75 bits per heavy atom. The van der Waals surface area contributed by atoms with E-state index in [4.69, 9.17) is 6.42 Å². The van der Waals surface area contributed by atoms with Gasteiger partial charge in [-0.3, -0.25) is 0 Å². The molecule has 0 saturated carbocycles. The predicted molar refractivity (Wildman–Crippen MR) is 125 cm³/mol. The second-order valence-corrected chi connectivity index (χ2v) is 7.16. The molecule has 4 aromatic rings. The molecule has 0 aromatic heterocycles. The van der Waals surface area contributed by atoms with Gasteiger partial charge >= 0.3 is 11.9 Å². The number of hydrogen-bond donors (Lipinski definition) is 2. The number of rotatable bonds is 5. The second-order valence-electron chi connectivity index (χ2n) is 7.16. The molecule has 0 heterocycles. The van der Waals surface area contributed by atoms with E-state index in [1.165, 1.54) is 6.07 Å². The largest absolute Gasteiger partial charge is 0.478 e. The summed E-state index contributed by atoms with van der Waals surface area (Å²) in [7, 11) is 0. The van der Waals surface area contributed by atoms with Crippen LogP contribution in [0, 0.1) is 12.3 Å². The zero-order chi connectivity index (χ0) is 22.7. The minimum Gasteiger partial charge on any atom is -0.478 e. The molecule has 0 aliphatic carbocycles. The lowest BCUT2D eigenvalue weighted by Gasteiger charge is -2.16. The van der Waals surface area contributed by atoms with Crippen LogP contribution in [0.1, 0.15) is 26.3 Å². The van der Waals surface area contributed by atoms with Gasteiger partial charge in [-0.25, -0.2) is 9.59 Å². The van der Waals surface area contributed by atoms with Crippen LogP contribution in [0.3, 0.4) is 0 Å². The standard InChI is InChI=1S/C28H18O4/c1-2-21-22(15-16-24(28(31)32)26(21)19-11-7-4-8-12-19)20-13-14-23(27(29)30)25(17-20)18-9-5-3-6-10-18/h1,3-17H,(H,29,30)(H,31,32). The fourth-order valence-electron chi connectivity index (χ4n) is 3.83. The number of benzene rings is 4. The van der Waals surface area contributed by atoms with E-state index in [0.29, 0.717) is 33.4 Å². The lowest BCUT2D eigenvalue weighted by atomic mass is 9.87. The molecule has 0 saturated heterocycles. The average molecular weight is 418 g/mol. The zero-order valence-electron chi connectivity index (χ0n) is 16.9. The number of carboxylic acid groups (broad SMARTS) is 2. The summed E-state index contributed by atoms with van der Waals surface area (Å²) in [5.74, 6) is 0.573. The molecule has 32 heavy (non-hydrogen) atoms. The average Bonchev–Trinajstić information content (AvgIpc) is 2.83. The van der Waals surface area contributed by atoms with E-state index >= 15 is 0 Å². The minimum atomic E-state index is -1.07. The van der Waals surface area contributed by atoms with Gasteiger partial charge in [0.15, 0.2) is 0 Å². The highest BCUT2D eigenvalue weighted by molar-refractivity contribution is 6.01. The molecular formula is C28H18O4. The molecular weight excluding hydrogens is 400 g/mol. The van der Waals surface area contributed by atoms with E-state index in [-0.39, 0.29) is 11.1 Å². The van der Waals surface area contributed by atoms with Gasteiger partial charge in [0.1, 0.15) is 0 Å². The van der Waals surface area contributed by atoms with Crippen molar-refractivity contribution in [2.24, 2.45) is 0 Å². The molecule has 4 heteroatoms. The summed E-state index contributed by atoms with van der Waals surface area (Å²) in [6, 6.07) is 26.6. The van der Waals surface area contributed by atoms with Crippen LogP contribution in [-0.2, 0) is 0 Å². The number of hydrogen-bond acceptors (Lipinski definition) is 2. The van der Waals surface area contributed by atoms with Gasteiger partial charge in [0.25, 0.3) is 0 Å². The van der Waals surface area contributed by atoms with Crippen molar-refractivity contribution in [3.63, 3.8) is 0 Å². The number of terminal acetylenes is 1. The Kier molecular flexibility index (Phi) is 5.57. The van der Waals surface area contributed by atoms with Crippen molar-refractivity contribution >= 4 is 11.9 Å². The molecule has 0 amide bonds. The summed E-state index contributed by atoms with van der Waals surface area (Å²) < 4.78 is 0. The van der Waals surface area contributed by atoms with Gasteiger partial charge in [0, 0.05) is 11.1 Å². The maximum atomic E-state index is 11.9. The monoisotopic (exact) mass is 418 g/mol. The molecule has 0 atom stereocenters. The predicted octanol–water partition coefficient (Wildman–Crippen LogP) is 6.07. The summed E-state index contributed by atoms with van der Waals surface area (Å²) in [5, 5.41) is 19.4. The molecule has 0 aliphatic rings. The Morgan fingerprint density at radius 2 is 1.19 bits per heavy atom. The summed E-state index contributed by atoms with van der Waals surface area (Å²) in [5.41, 5.74) is 4.57. The summed E-state index contributed by atoms with van der Waals surface area (Å²) in [6.07, 6.45) is 5.89. The van der Waals surface area contributed by atoms with Crippen LogP contribution in [0.2, 0.25) is 0 Å². The molecule has 154 valence electrons. The van der Waals surface area contributed by atoms with Gasteiger partial charge in [-0.15, -0.1) is 6.42 Å². The Balaban J connectivity index is 2.00. The fraction of sp³-hybridized carbons (Fsp3) is 0. The second kappa shape index (κ2) is 8.63. The summed E-state index contributed by atoms with van der Waals surface area (Å²) >= 11 is 0.